The number of nitro benzene ring substituents is 1. The van der Waals surface area contributed by atoms with Crippen molar-refractivity contribution in [2.24, 2.45) is 0 Å². The van der Waals surface area contributed by atoms with Crippen LogP contribution in [0, 0.1) is 10.1 Å². The van der Waals surface area contributed by atoms with Crippen molar-refractivity contribution in [3.8, 4) is 0 Å². The highest BCUT2D eigenvalue weighted by Crippen LogP contribution is 2.13. The lowest BCUT2D eigenvalue weighted by atomic mass is 10.1. The summed E-state index contributed by atoms with van der Waals surface area (Å²) < 4.78 is 0. The largest absolute Gasteiger partial charge is 0.285 e. The zero-order valence-corrected chi connectivity index (χ0v) is 7.56. The molecule has 0 aliphatic rings. The lowest BCUT2D eigenvalue weighted by molar-refractivity contribution is -0.384. The molecule has 14 heavy (non-hydrogen) atoms. The van der Waals surface area contributed by atoms with Crippen LogP contribution in [0.3, 0.4) is 0 Å². The predicted molar refractivity (Wildman–Crippen MR) is 52.4 cm³/mol. The van der Waals surface area contributed by atoms with Crippen molar-refractivity contribution in [1.82, 2.24) is 0 Å². The van der Waals surface area contributed by atoms with Crippen molar-refractivity contribution in [2.45, 2.75) is 6.92 Å². The molecule has 0 amide bonds. The van der Waals surface area contributed by atoms with Gasteiger partial charge in [-0.15, -0.1) is 0 Å². The third-order valence-electron chi connectivity index (χ3n) is 1.65. The Kier molecular flexibility index (Phi) is 3.12. The molecule has 0 unspecified atom stereocenters. The van der Waals surface area contributed by atoms with Crippen molar-refractivity contribution in [2.75, 3.05) is 0 Å². The second-order valence-corrected chi connectivity index (χ2v) is 2.78. The van der Waals surface area contributed by atoms with E-state index in [0.717, 1.165) is 5.56 Å². The Morgan fingerprint density at radius 1 is 1.43 bits per heavy atom. The molecule has 0 fully saturated rings. The smallest absolute Gasteiger partial charge is 0.269 e. The summed E-state index contributed by atoms with van der Waals surface area (Å²) in [5.74, 6) is 0. The van der Waals surface area contributed by atoms with Gasteiger partial charge in [0.05, 0.1) is 4.92 Å². The molecule has 1 aromatic carbocycles. The van der Waals surface area contributed by atoms with Crippen molar-refractivity contribution in [1.29, 1.82) is 0 Å². The molecule has 0 N–H and O–H groups in total. The van der Waals surface area contributed by atoms with Gasteiger partial charge in [0.2, 0.25) is 6.29 Å². The molecule has 0 aliphatic carbocycles. The summed E-state index contributed by atoms with van der Waals surface area (Å²) in [6.07, 6.45) is 3.34. The molecule has 0 bridgehead atoms. The zero-order chi connectivity index (χ0) is 10.6. The van der Waals surface area contributed by atoms with E-state index in [0.29, 0.717) is 5.57 Å². The van der Waals surface area contributed by atoms with Crippen molar-refractivity contribution in [3.05, 3.63) is 45.5 Å². The number of benzene rings is 1. The number of hydrogen-bond acceptors (Lipinski definition) is 3. The van der Waals surface area contributed by atoms with Gasteiger partial charge >= 0.3 is 0 Å². The van der Waals surface area contributed by atoms with E-state index in [1.165, 1.54) is 12.1 Å². The Labute approximate surface area is 81.0 Å². The molecule has 0 heterocycles. The highest BCUT2D eigenvalue weighted by atomic mass is 16.6. The fraction of sp³-hybridized carbons (Fsp3) is 0.100. The third-order valence-corrected chi connectivity index (χ3v) is 1.65. The number of hydrogen-bond donors (Lipinski definition) is 0. The molecular weight excluding hydrogens is 182 g/mol. The first-order valence-corrected chi connectivity index (χ1v) is 3.94. The van der Waals surface area contributed by atoms with Gasteiger partial charge in [0.15, 0.2) is 0 Å². The molecule has 4 nitrogen and oxygen atoms in total. The molecule has 0 spiro atoms. The standard InChI is InChI=1S/C10H8NO3/c1-8(7-12)6-9-2-4-10(5-3-9)11(13)14/h2-6H,1H3. The number of nitro groups is 1. The average molecular weight is 190 g/mol. The molecule has 0 saturated heterocycles. The molecule has 4 heteroatoms. The van der Waals surface area contributed by atoms with Crippen molar-refractivity contribution < 1.29 is 9.72 Å². The summed E-state index contributed by atoms with van der Waals surface area (Å²) in [6.45, 7) is 1.62. The minimum Gasteiger partial charge on any atom is -0.285 e. The number of carbonyl (C=O) groups excluding carboxylic acids is 1. The van der Waals surface area contributed by atoms with Gasteiger partial charge in [0.25, 0.3) is 5.69 Å². The van der Waals surface area contributed by atoms with Gasteiger partial charge in [0.1, 0.15) is 0 Å². The number of non-ortho nitro benzene ring substituents is 1. The van der Waals surface area contributed by atoms with Crippen LogP contribution in [0.2, 0.25) is 0 Å². The SMILES string of the molecule is CC([C]=O)=Cc1ccc([N+](=O)[O-])cc1. The maximum Gasteiger partial charge on any atom is 0.269 e. The minimum absolute atomic E-state index is 0.0369. The van der Waals surface area contributed by atoms with E-state index >= 15 is 0 Å². The Balaban J connectivity index is 2.94. The fourth-order valence-electron chi connectivity index (χ4n) is 0.972. The van der Waals surface area contributed by atoms with Crippen LogP contribution in [0.25, 0.3) is 6.08 Å². The van der Waals surface area contributed by atoms with Gasteiger partial charge in [-0.2, -0.15) is 0 Å². The first-order valence-electron chi connectivity index (χ1n) is 3.94. The van der Waals surface area contributed by atoms with Crippen molar-refractivity contribution in [3.63, 3.8) is 0 Å². The summed E-state index contributed by atoms with van der Waals surface area (Å²) in [6, 6.07) is 5.95. The lowest BCUT2D eigenvalue weighted by Crippen LogP contribution is -1.87. The molecule has 0 atom stereocenters. The molecule has 0 aromatic heterocycles. The van der Waals surface area contributed by atoms with E-state index in [1.54, 1.807) is 31.4 Å². The van der Waals surface area contributed by atoms with Crippen LogP contribution in [0.4, 0.5) is 5.69 Å². The molecular formula is C10H8NO3. The lowest BCUT2D eigenvalue weighted by Gasteiger charge is -1.93. The Morgan fingerprint density at radius 3 is 2.43 bits per heavy atom. The van der Waals surface area contributed by atoms with Crippen molar-refractivity contribution >= 4 is 18.0 Å². The maximum absolute atomic E-state index is 10.3. The fourth-order valence-corrected chi connectivity index (χ4v) is 0.972. The number of nitrogens with zero attached hydrogens (tertiary/aromatic N) is 1. The van der Waals surface area contributed by atoms with Gasteiger partial charge in [0, 0.05) is 17.7 Å². The summed E-state index contributed by atoms with van der Waals surface area (Å²) in [4.78, 5) is 20.0. The van der Waals surface area contributed by atoms with Gasteiger partial charge < -0.3 is 0 Å². The third kappa shape index (κ3) is 2.52. The normalized spacial score (nSPS) is 11.1. The van der Waals surface area contributed by atoms with Crippen LogP contribution in [-0.2, 0) is 4.79 Å². The Morgan fingerprint density at radius 2 is 2.00 bits per heavy atom. The predicted octanol–water partition coefficient (Wildman–Crippen LogP) is 2.11. The van der Waals surface area contributed by atoms with Gasteiger partial charge in [-0.25, -0.2) is 0 Å². The molecule has 1 radical (unpaired) electrons. The topological polar surface area (TPSA) is 60.2 Å². The zero-order valence-electron chi connectivity index (χ0n) is 7.56. The second kappa shape index (κ2) is 4.32. The van der Waals surface area contributed by atoms with Gasteiger partial charge in [-0.3, -0.25) is 14.9 Å². The molecule has 1 rings (SSSR count). The summed E-state index contributed by atoms with van der Waals surface area (Å²) >= 11 is 0. The van der Waals surface area contributed by atoms with Crippen LogP contribution < -0.4 is 0 Å². The van der Waals surface area contributed by atoms with Crippen LogP contribution in [0.15, 0.2) is 29.8 Å². The quantitative estimate of drug-likeness (QED) is 0.416. The molecule has 1 aromatic rings. The van der Waals surface area contributed by atoms with E-state index in [4.69, 9.17) is 0 Å². The number of allylic oxidation sites excluding steroid dienone is 1. The van der Waals surface area contributed by atoms with Crippen LogP contribution >= 0.6 is 0 Å². The van der Waals surface area contributed by atoms with E-state index in [1.807, 2.05) is 0 Å². The Bertz CT molecular complexity index is 379. The van der Waals surface area contributed by atoms with Gasteiger partial charge in [-0.1, -0.05) is 0 Å². The molecule has 0 aliphatic heterocycles. The van der Waals surface area contributed by atoms with Crippen LogP contribution in [-0.4, -0.2) is 11.2 Å². The first-order chi connectivity index (χ1) is 6.63. The van der Waals surface area contributed by atoms with E-state index in [-0.39, 0.29) is 5.69 Å². The summed E-state index contributed by atoms with van der Waals surface area (Å²) in [5.41, 5.74) is 1.24. The number of rotatable bonds is 3. The molecule has 71 valence electrons. The van der Waals surface area contributed by atoms with E-state index in [2.05, 4.69) is 0 Å². The molecule has 0 saturated carbocycles. The summed E-state index contributed by atoms with van der Waals surface area (Å²) in [7, 11) is 0. The monoisotopic (exact) mass is 190 g/mol. The highest BCUT2D eigenvalue weighted by molar-refractivity contribution is 5.81. The van der Waals surface area contributed by atoms with E-state index in [9.17, 15) is 14.9 Å². The average Bonchev–Trinajstić information content (AvgIpc) is 2.18. The Hall–Kier alpha value is -1.97. The maximum atomic E-state index is 10.3. The van der Waals surface area contributed by atoms with Gasteiger partial charge in [-0.05, 0) is 30.7 Å². The first kappa shape index (κ1) is 10.1. The minimum atomic E-state index is -0.466. The van der Waals surface area contributed by atoms with Crippen LogP contribution in [0.5, 0.6) is 0 Å². The van der Waals surface area contributed by atoms with E-state index < -0.39 is 4.92 Å². The second-order valence-electron chi connectivity index (χ2n) is 2.78. The van der Waals surface area contributed by atoms with Crippen LogP contribution in [0.1, 0.15) is 12.5 Å². The summed E-state index contributed by atoms with van der Waals surface area (Å²) in [5, 5.41) is 10.3. The highest BCUT2D eigenvalue weighted by Gasteiger charge is 2.02.